The molecule has 0 aliphatic heterocycles. The van der Waals surface area contributed by atoms with E-state index in [4.69, 9.17) is 4.42 Å². The van der Waals surface area contributed by atoms with Crippen molar-refractivity contribution in [3.63, 3.8) is 0 Å². The fraction of sp³-hybridized carbons (Fsp3) is 0.400. The Hall–Kier alpha value is -2.10. The Kier molecular flexibility index (Phi) is 6.63. The highest BCUT2D eigenvalue weighted by atomic mass is 79.9. The second-order valence-electron chi connectivity index (χ2n) is 7.10. The summed E-state index contributed by atoms with van der Waals surface area (Å²) in [5.41, 5.74) is 0.160. The smallest absolute Gasteiger partial charge is 0.276 e. The molecule has 0 aliphatic rings. The highest BCUT2D eigenvalue weighted by Crippen LogP contribution is 2.23. The molecule has 0 saturated heterocycles. The third kappa shape index (κ3) is 5.20. The molecular formula is C20H25BrN3O2+. The molecule has 1 aromatic carbocycles. The van der Waals surface area contributed by atoms with Gasteiger partial charge in [0.25, 0.3) is 5.91 Å². The number of hydrogen-bond acceptors (Lipinski definition) is 3. The maximum atomic E-state index is 12.3. The number of hydrogen-bond donors (Lipinski definition) is 2. The lowest BCUT2D eigenvalue weighted by atomic mass is 9.90. The molecule has 2 N–H and O–H groups in total. The van der Waals surface area contributed by atoms with Gasteiger partial charge >= 0.3 is 0 Å². The molecule has 138 valence electrons. The molecule has 2 rings (SSSR count). The number of rotatable bonds is 7. The predicted octanol–water partition coefficient (Wildman–Crippen LogP) is 2.78. The lowest BCUT2D eigenvalue weighted by molar-refractivity contribution is -0.886. The van der Waals surface area contributed by atoms with Gasteiger partial charge in [-0.2, -0.15) is 5.26 Å². The number of carbonyl (C=O) groups is 1. The number of furan rings is 1. The van der Waals surface area contributed by atoms with Crippen LogP contribution in [0.2, 0.25) is 0 Å². The van der Waals surface area contributed by atoms with Gasteiger partial charge < -0.3 is 14.6 Å². The number of benzene rings is 1. The quantitative estimate of drug-likeness (QED) is 0.725. The summed E-state index contributed by atoms with van der Waals surface area (Å²) in [7, 11) is 1.93. The topological polar surface area (TPSA) is 70.5 Å². The Bertz CT molecular complexity index is 792. The summed E-state index contributed by atoms with van der Waals surface area (Å²) in [6.07, 6.45) is 0. The first-order valence-electron chi connectivity index (χ1n) is 8.61. The summed E-state index contributed by atoms with van der Waals surface area (Å²) in [5.74, 6) is 1.52. The minimum atomic E-state index is -0.850. The van der Waals surface area contributed by atoms with Gasteiger partial charge in [-0.05, 0) is 37.1 Å². The van der Waals surface area contributed by atoms with Crippen LogP contribution in [0.5, 0.6) is 0 Å². The van der Waals surface area contributed by atoms with Crippen LogP contribution >= 0.6 is 15.9 Å². The summed E-state index contributed by atoms with van der Waals surface area (Å²) < 4.78 is 6.92. The van der Waals surface area contributed by atoms with Crippen molar-refractivity contribution in [2.75, 3.05) is 13.6 Å². The molecule has 0 saturated carbocycles. The summed E-state index contributed by atoms with van der Waals surface area (Å²) >= 11 is 3.42. The molecule has 1 heterocycles. The van der Waals surface area contributed by atoms with Crippen LogP contribution in [0.25, 0.3) is 11.3 Å². The third-order valence-electron chi connectivity index (χ3n) is 4.51. The molecule has 0 spiro atoms. The molecule has 2 atom stereocenters. The monoisotopic (exact) mass is 418 g/mol. The minimum Gasteiger partial charge on any atom is -0.455 e. The number of nitrogens with one attached hydrogen (secondary N) is 2. The van der Waals surface area contributed by atoms with Crippen molar-refractivity contribution in [1.29, 1.82) is 5.26 Å². The van der Waals surface area contributed by atoms with Crippen molar-refractivity contribution in [1.82, 2.24) is 5.32 Å². The van der Waals surface area contributed by atoms with Gasteiger partial charge in [0, 0.05) is 10.0 Å². The van der Waals surface area contributed by atoms with Gasteiger partial charge in [0.15, 0.2) is 12.3 Å². The van der Waals surface area contributed by atoms with E-state index in [9.17, 15) is 10.1 Å². The number of amides is 1. The Morgan fingerprint density at radius 1 is 1.31 bits per heavy atom. The number of carbonyl (C=O) groups excluding carboxylic acids is 1. The van der Waals surface area contributed by atoms with E-state index < -0.39 is 5.54 Å². The number of halogens is 1. The fourth-order valence-corrected chi connectivity index (χ4v) is 2.78. The van der Waals surface area contributed by atoms with E-state index in [1.54, 1.807) is 6.92 Å². The van der Waals surface area contributed by atoms with Crippen LogP contribution in [-0.2, 0) is 11.3 Å². The molecule has 1 amide bonds. The maximum Gasteiger partial charge on any atom is 0.276 e. The van der Waals surface area contributed by atoms with Crippen LogP contribution < -0.4 is 10.2 Å². The van der Waals surface area contributed by atoms with E-state index in [0.717, 1.165) is 26.5 Å². The first-order valence-corrected chi connectivity index (χ1v) is 9.41. The van der Waals surface area contributed by atoms with Crippen LogP contribution in [0.3, 0.4) is 0 Å². The van der Waals surface area contributed by atoms with Crippen LogP contribution in [0.15, 0.2) is 45.3 Å². The molecule has 2 aromatic rings. The number of likely N-dealkylation sites (N-methyl/N-ethyl adjacent to an activating group) is 1. The summed E-state index contributed by atoms with van der Waals surface area (Å²) in [4.78, 5) is 13.3. The Balaban J connectivity index is 1.94. The lowest BCUT2D eigenvalue weighted by Crippen LogP contribution is -3.09. The highest BCUT2D eigenvalue weighted by molar-refractivity contribution is 9.10. The van der Waals surface area contributed by atoms with Crippen molar-refractivity contribution in [3.05, 3.63) is 46.6 Å². The van der Waals surface area contributed by atoms with Gasteiger partial charge in [0.1, 0.15) is 17.8 Å². The first kappa shape index (κ1) is 20.2. The van der Waals surface area contributed by atoms with Crippen LogP contribution in [-0.4, -0.2) is 25.0 Å². The molecule has 0 aliphatic carbocycles. The zero-order valence-electron chi connectivity index (χ0n) is 15.6. The first-order chi connectivity index (χ1) is 12.2. The molecule has 0 bridgehead atoms. The Morgan fingerprint density at radius 2 is 1.96 bits per heavy atom. The van der Waals surface area contributed by atoms with Crippen molar-refractivity contribution >= 4 is 21.8 Å². The van der Waals surface area contributed by atoms with Gasteiger partial charge in [-0.1, -0.05) is 41.9 Å². The van der Waals surface area contributed by atoms with Gasteiger partial charge in [0.2, 0.25) is 0 Å². The SMILES string of the molecule is CC(C)[C@@](C)(C#N)NC(=O)C[NH+](C)Cc1ccc(-c2ccc(Br)cc2)o1. The molecule has 6 heteroatoms. The van der Waals surface area contributed by atoms with Crippen molar-refractivity contribution < 1.29 is 14.1 Å². The number of nitrogens with zero attached hydrogens (tertiary/aromatic N) is 1. The van der Waals surface area contributed by atoms with Crippen molar-refractivity contribution in [2.24, 2.45) is 5.92 Å². The van der Waals surface area contributed by atoms with E-state index in [2.05, 4.69) is 27.3 Å². The zero-order valence-corrected chi connectivity index (χ0v) is 17.2. The number of nitriles is 1. The highest BCUT2D eigenvalue weighted by Gasteiger charge is 2.30. The van der Waals surface area contributed by atoms with Crippen molar-refractivity contribution in [3.8, 4) is 17.4 Å². The molecule has 1 aromatic heterocycles. The largest absolute Gasteiger partial charge is 0.455 e. The van der Waals surface area contributed by atoms with Gasteiger partial charge in [0.05, 0.1) is 13.1 Å². The van der Waals surface area contributed by atoms with E-state index in [-0.39, 0.29) is 18.4 Å². The fourth-order valence-electron chi connectivity index (χ4n) is 2.51. The van der Waals surface area contributed by atoms with E-state index in [1.165, 1.54) is 0 Å². The second kappa shape index (κ2) is 8.52. The van der Waals surface area contributed by atoms with E-state index >= 15 is 0 Å². The summed E-state index contributed by atoms with van der Waals surface area (Å²) in [5, 5.41) is 12.2. The second-order valence-corrected chi connectivity index (χ2v) is 8.02. The third-order valence-corrected chi connectivity index (χ3v) is 5.04. The average molecular weight is 419 g/mol. The summed E-state index contributed by atoms with van der Waals surface area (Å²) in [6, 6.07) is 14.0. The molecule has 0 fully saturated rings. The van der Waals surface area contributed by atoms with Gasteiger partial charge in [-0.25, -0.2) is 0 Å². The normalized spacial score (nSPS) is 14.5. The van der Waals surface area contributed by atoms with Crippen LogP contribution in [0.4, 0.5) is 0 Å². The summed E-state index contributed by atoms with van der Waals surface area (Å²) in [6.45, 7) is 6.47. The maximum absolute atomic E-state index is 12.3. The Labute approximate surface area is 163 Å². The average Bonchev–Trinajstić information content (AvgIpc) is 3.03. The van der Waals surface area contributed by atoms with Crippen LogP contribution in [0.1, 0.15) is 26.5 Å². The molecular weight excluding hydrogens is 394 g/mol. The van der Waals surface area contributed by atoms with E-state index in [0.29, 0.717) is 6.54 Å². The minimum absolute atomic E-state index is 0.0373. The van der Waals surface area contributed by atoms with Crippen molar-refractivity contribution in [2.45, 2.75) is 32.9 Å². The van der Waals surface area contributed by atoms with Gasteiger partial charge in [-0.3, -0.25) is 4.79 Å². The number of quaternary nitrogens is 1. The molecule has 0 radical (unpaired) electrons. The standard InChI is InChI=1S/C20H24BrN3O2/c1-14(2)20(3,13-22)23-19(25)12-24(4)11-17-9-10-18(26-17)15-5-7-16(21)8-6-15/h5-10,14H,11-12H2,1-4H3,(H,23,25)/p+1/t20-/m1/s1. The molecule has 5 nitrogen and oxygen atoms in total. The molecule has 26 heavy (non-hydrogen) atoms. The van der Waals surface area contributed by atoms with E-state index in [1.807, 2.05) is 57.3 Å². The zero-order chi connectivity index (χ0) is 19.3. The lowest BCUT2D eigenvalue weighted by Gasteiger charge is -2.27. The Morgan fingerprint density at radius 3 is 2.54 bits per heavy atom. The van der Waals surface area contributed by atoms with Crippen LogP contribution in [0, 0.1) is 17.2 Å². The molecule has 1 unspecified atom stereocenters. The van der Waals surface area contributed by atoms with Gasteiger partial charge in [-0.15, -0.1) is 0 Å². The predicted molar refractivity (Wildman–Crippen MR) is 104 cm³/mol.